The zero-order valence-corrected chi connectivity index (χ0v) is 12.2. The van der Waals surface area contributed by atoms with E-state index in [1.54, 1.807) is 25.1 Å². The fourth-order valence-electron chi connectivity index (χ4n) is 2.46. The monoisotopic (exact) mass is 304 g/mol. The number of aromatic nitrogens is 1. The highest BCUT2D eigenvalue weighted by Gasteiger charge is 2.35. The number of halogens is 1. The van der Waals surface area contributed by atoms with Crippen molar-refractivity contribution in [3.05, 3.63) is 42.2 Å². The largest absolute Gasteiger partial charge is 0.480 e. The summed E-state index contributed by atoms with van der Waals surface area (Å²) >= 11 is 0. The van der Waals surface area contributed by atoms with E-state index in [-0.39, 0.29) is 11.9 Å². The van der Waals surface area contributed by atoms with Crippen LogP contribution in [0.4, 0.5) is 4.39 Å². The molecule has 1 aromatic heterocycles. The molecule has 0 saturated heterocycles. The van der Waals surface area contributed by atoms with Crippen LogP contribution in [0.2, 0.25) is 0 Å². The van der Waals surface area contributed by atoms with Gasteiger partial charge in [0.15, 0.2) is 5.76 Å². The van der Waals surface area contributed by atoms with Crippen molar-refractivity contribution in [1.82, 2.24) is 9.88 Å². The van der Waals surface area contributed by atoms with E-state index in [0.29, 0.717) is 23.8 Å². The Labute approximate surface area is 127 Å². The predicted molar refractivity (Wildman–Crippen MR) is 77.6 cm³/mol. The maximum Gasteiger partial charge on any atom is 0.320 e. The van der Waals surface area contributed by atoms with Gasteiger partial charge in [-0.25, -0.2) is 9.37 Å². The number of carbonyl (C=O) groups is 1. The van der Waals surface area contributed by atoms with Gasteiger partial charge in [-0.05, 0) is 31.9 Å². The number of hydrogen-bond donors (Lipinski definition) is 1. The highest BCUT2D eigenvalue weighted by Crippen LogP contribution is 2.31. The Balaban J connectivity index is 1.79. The molecule has 1 aromatic carbocycles. The van der Waals surface area contributed by atoms with Crippen molar-refractivity contribution in [2.75, 3.05) is 0 Å². The lowest BCUT2D eigenvalue weighted by atomic mass is 10.2. The SMILES string of the molecule is CC(C(=O)O)N(Cc1ncc(-c2ccccc2F)o1)C1CC1. The van der Waals surface area contributed by atoms with E-state index < -0.39 is 12.0 Å². The van der Waals surface area contributed by atoms with E-state index in [4.69, 9.17) is 4.42 Å². The molecule has 1 unspecified atom stereocenters. The van der Waals surface area contributed by atoms with Crippen molar-refractivity contribution in [3.8, 4) is 11.3 Å². The van der Waals surface area contributed by atoms with Crippen LogP contribution in [0, 0.1) is 5.82 Å². The Bertz CT molecular complexity index is 682. The van der Waals surface area contributed by atoms with Gasteiger partial charge in [0.05, 0.1) is 18.3 Å². The maximum atomic E-state index is 13.7. The van der Waals surface area contributed by atoms with Crippen molar-refractivity contribution in [2.45, 2.75) is 38.4 Å². The highest BCUT2D eigenvalue weighted by atomic mass is 19.1. The van der Waals surface area contributed by atoms with E-state index in [2.05, 4.69) is 4.98 Å². The Hall–Kier alpha value is -2.21. The molecule has 5 nitrogen and oxygen atoms in total. The normalized spacial score (nSPS) is 16.0. The summed E-state index contributed by atoms with van der Waals surface area (Å²) in [6.45, 7) is 1.97. The first-order chi connectivity index (χ1) is 10.6. The van der Waals surface area contributed by atoms with E-state index in [9.17, 15) is 14.3 Å². The van der Waals surface area contributed by atoms with Gasteiger partial charge in [0.25, 0.3) is 0 Å². The van der Waals surface area contributed by atoms with Gasteiger partial charge in [0.1, 0.15) is 11.9 Å². The second-order valence-electron chi connectivity index (χ2n) is 5.52. The number of carboxylic acid groups (broad SMARTS) is 1. The number of rotatable bonds is 6. The van der Waals surface area contributed by atoms with Crippen molar-refractivity contribution in [3.63, 3.8) is 0 Å². The molecular formula is C16H17FN2O3. The van der Waals surface area contributed by atoms with Crippen LogP contribution in [-0.4, -0.2) is 33.0 Å². The topological polar surface area (TPSA) is 66.6 Å². The van der Waals surface area contributed by atoms with Crippen LogP contribution in [0.3, 0.4) is 0 Å². The summed E-state index contributed by atoms with van der Waals surface area (Å²) in [5.41, 5.74) is 0.352. The highest BCUT2D eigenvalue weighted by molar-refractivity contribution is 5.73. The van der Waals surface area contributed by atoms with Gasteiger partial charge in [-0.1, -0.05) is 12.1 Å². The molecule has 0 radical (unpaired) electrons. The molecule has 0 spiro atoms. The van der Waals surface area contributed by atoms with E-state index in [1.165, 1.54) is 12.3 Å². The fraction of sp³-hybridized carbons (Fsp3) is 0.375. The third-order valence-electron chi connectivity index (χ3n) is 3.88. The molecule has 1 aliphatic carbocycles. The molecule has 1 atom stereocenters. The van der Waals surface area contributed by atoms with Gasteiger partial charge in [-0.3, -0.25) is 9.69 Å². The number of carboxylic acids is 1. The second kappa shape index (κ2) is 5.88. The summed E-state index contributed by atoms with van der Waals surface area (Å²) in [5, 5.41) is 9.18. The van der Waals surface area contributed by atoms with Crippen LogP contribution in [0.25, 0.3) is 11.3 Å². The van der Waals surface area contributed by atoms with E-state index >= 15 is 0 Å². The van der Waals surface area contributed by atoms with Gasteiger partial charge in [0.2, 0.25) is 5.89 Å². The molecule has 2 aromatic rings. The smallest absolute Gasteiger partial charge is 0.320 e. The summed E-state index contributed by atoms with van der Waals surface area (Å²) in [7, 11) is 0. The van der Waals surface area contributed by atoms with Crippen LogP contribution in [-0.2, 0) is 11.3 Å². The summed E-state index contributed by atoms with van der Waals surface area (Å²) in [5.74, 6) is -0.485. The zero-order valence-electron chi connectivity index (χ0n) is 12.2. The number of nitrogens with zero attached hydrogens (tertiary/aromatic N) is 2. The molecule has 6 heteroatoms. The lowest BCUT2D eigenvalue weighted by molar-refractivity contribution is -0.143. The van der Waals surface area contributed by atoms with E-state index in [0.717, 1.165) is 12.8 Å². The van der Waals surface area contributed by atoms with Crippen LogP contribution < -0.4 is 0 Å². The van der Waals surface area contributed by atoms with Crippen molar-refractivity contribution in [1.29, 1.82) is 0 Å². The van der Waals surface area contributed by atoms with Gasteiger partial charge < -0.3 is 9.52 Å². The summed E-state index contributed by atoms with van der Waals surface area (Å²) in [4.78, 5) is 17.2. The third-order valence-corrected chi connectivity index (χ3v) is 3.88. The van der Waals surface area contributed by atoms with Gasteiger partial charge in [-0.2, -0.15) is 0 Å². The number of oxazole rings is 1. The lowest BCUT2D eigenvalue weighted by Crippen LogP contribution is -2.40. The number of hydrogen-bond acceptors (Lipinski definition) is 4. The van der Waals surface area contributed by atoms with Crippen LogP contribution in [0.5, 0.6) is 0 Å². The van der Waals surface area contributed by atoms with Gasteiger partial charge in [0, 0.05) is 6.04 Å². The van der Waals surface area contributed by atoms with Crippen LogP contribution >= 0.6 is 0 Å². The molecule has 1 N–H and O–H groups in total. The fourth-order valence-corrected chi connectivity index (χ4v) is 2.46. The first-order valence-corrected chi connectivity index (χ1v) is 7.24. The second-order valence-corrected chi connectivity index (χ2v) is 5.52. The summed E-state index contributed by atoms with van der Waals surface area (Å²) in [6, 6.07) is 5.98. The molecule has 1 fully saturated rings. The summed E-state index contributed by atoms with van der Waals surface area (Å²) < 4.78 is 19.3. The van der Waals surface area contributed by atoms with Gasteiger partial charge in [-0.15, -0.1) is 0 Å². The Morgan fingerprint density at radius 3 is 2.86 bits per heavy atom. The molecule has 1 heterocycles. The first kappa shape index (κ1) is 14.7. The van der Waals surface area contributed by atoms with Crippen LogP contribution in [0.15, 0.2) is 34.9 Å². The average Bonchev–Trinajstić information content (AvgIpc) is 3.23. The minimum absolute atomic E-state index is 0.259. The predicted octanol–water partition coefficient (Wildman–Crippen LogP) is 2.92. The molecule has 3 rings (SSSR count). The number of benzene rings is 1. The number of aliphatic carboxylic acids is 1. The molecule has 116 valence electrons. The van der Waals surface area contributed by atoms with Crippen molar-refractivity contribution in [2.24, 2.45) is 0 Å². The standard InChI is InChI=1S/C16H17FN2O3/c1-10(16(20)21)19(11-6-7-11)9-15-18-8-14(22-15)12-4-2-3-5-13(12)17/h2-5,8,10-11H,6-7,9H2,1H3,(H,20,21). The summed E-state index contributed by atoms with van der Waals surface area (Å²) in [6.07, 6.45) is 3.45. The van der Waals surface area contributed by atoms with E-state index in [1.807, 2.05) is 4.90 Å². The maximum absolute atomic E-state index is 13.7. The molecule has 1 aliphatic rings. The average molecular weight is 304 g/mol. The van der Waals surface area contributed by atoms with Gasteiger partial charge >= 0.3 is 5.97 Å². The first-order valence-electron chi connectivity index (χ1n) is 7.24. The molecule has 0 bridgehead atoms. The Kier molecular flexibility index (Phi) is 3.94. The zero-order chi connectivity index (χ0) is 15.7. The lowest BCUT2D eigenvalue weighted by Gasteiger charge is -2.24. The molecule has 0 aliphatic heterocycles. The van der Waals surface area contributed by atoms with Crippen molar-refractivity contribution < 1.29 is 18.7 Å². The third kappa shape index (κ3) is 3.01. The molecule has 22 heavy (non-hydrogen) atoms. The molecular weight excluding hydrogens is 287 g/mol. The molecule has 1 saturated carbocycles. The van der Waals surface area contributed by atoms with Crippen LogP contribution in [0.1, 0.15) is 25.7 Å². The minimum atomic E-state index is -0.868. The molecule has 0 amide bonds. The Morgan fingerprint density at radius 2 is 2.23 bits per heavy atom. The quantitative estimate of drug-likeness (QED) is 0.889. The minimum Gasteiger partial charge on any atom is -0.480 e. The van der Waals surface area contributed by atoms with Crippen molar-refractivity contribution >= 4 is 5.97 Å². The Morgan fingerprint density at radius 1 is 1.50 bits per heavy atom.